The van der Waals surface area contributed by atoms with E-state index in [2.05, 4.69) is 20.9 Å². The summed E-state index contributed by atoms with van der Waals surface area (Å²) in [6.45, 7) is 0.518. The van der Waals surface area contributed by atoms with E-state index >= 15 is 0 Å². The smallest absolute Gasteiger partial charge is 0.170 e. The highest BCUT2D eigenvalue weighted by molar-refractivity contribution is 9.10. The first kappa shape index (κ1) is 10.3. The Hall–Kier alpha value is -1.20. The summed E-state index contributed by atoms with van der Waals surface area (Å²) in [5, 5.41) is 0. The number of halogens is 1. The molecule has 2 rings (SSSR count). The zero-order valence-corrected chi connectivity index (χ0v) is 9.57. The van der Waals surface area contributed by atoms with Crippen LogP contribution in [-0.4, -0.2) is 22.2 Å². The predicted molar refractivity (Wildman–Crippen MR) is 61.0 cm³/mol. The van der Waals surface area contributed by atoms with Crippen molar-refractivity contribution in [2.45, 2.75) is 6.42 Å². The van der Waals surface area contributed by atoms with Gasteiger partial charge in [0.1, 0.15) is 11.5 Å². The lowest BCUT2D eigenvalue weighted by Crippen LogP contribution is -2.06. The van der Waals surface area contributed by atoms with Crippen molar-refractivity contribution < 1.29 is 4.79 Å². The van der Waals surface area contributed by atoms with Crippen LogP contribution in [0.5, 0.6) is 0 Å². The summed E-state index contributed by atoms with van der Waals surface area (Å²) >= 11 is 3.40. The van der Waals surface area contributed by atoms with E-state index < -0.39 is 0 Å². The molecule has 5 heteroatoms. The number of nitrogens with two attached hydrogens (primary N) is 1. The van der Waals surface area contributed by atoms with E-state index in [1.54, 1.807) is 0 Å². The molecule has 0 aliphatic heterocycles. The van der Waals surface area contributed by atoms with Gasteiger partial charge in [0.2, 0.25) is 0 Å². The van der Waals surface area contributed by atoms with E-state index in [9.17, 15) is 4.79 Å². The molecule has 78 valence electrons. The highest BCUT2D eigenvalue weighted by Crippen LogP contribution is 2.21. The SMILES string of the molecule is NCCc1nc(C=O)c2c(Br)cccn12. The quantitative estimate of drug-likeness (QED) is 0.856. The van der Waals surface area contributed by atoms with Crippen LogP contribution in [0.25, 0.3) is 5.52 Å². The van der Waals surface area contributed by atoms with Crippen molar-refractivity contribution >= 4 is 27.7 Å². The molecule has 0 aliphatic carbocycles. The molecule has 15 heavy (non-hydrogen) atoms. The van der Waals surface area contributed by atoms with Crippen molar-refractivity contribution in [3.05, 3.63) is 34.3 Å². The van der Waals surface area contributed by atoms with Gasteiger partial charge in [-0.05, 0) is 34.6 Å². The number of carbonyl (C=O) groups is 1. The lowest BCUT2D eigenvalue weighted by atomic mass is 10.3. The van der Waals surface area contributed by atoms with Crippen LogP contribution in [0.4, 0.5) is 0 Å². The second-order valence-corrected chi connectivity index (χ2v) is 4.00. The first-order valence-corrected chi connectivity index (χ1v) is 5.38. The van der Waals surface area contributed by atoms with E-state index in [-0.39, 0.29) is 0 Å². The number of aldehydes is 1. The summed E-state index contributed by atoms with van der Waals surface area (Å²) in [4.78, 5) is 15.1. The summed E-state index contributed by atoms with van der Waals surface area (Å²) in [6, 6.07) is 3.78. The number of imidazole rings is 1. The van der Waals surface area contributed by atoms with E-state index in [4.69, 9.17) is 5.73 Å². The average molecular weight is 268 g/mol. The van der Waals surface area contributed by atoms with Crippen LogP contribution < -0.4 is 5.73 Å². The van der Waals surface area contributed by atoms with Crippen molar-refractivity contribution in [2.75, 3.05) is 6.54 Å². The van der Waals surface area contributed by atoms with Gasteiger partial charge in [-0.15, -0.1) is 0 Å². The molecule has 0 atom stereocenters. The molecule has 2 heterocycles. The van der Waals surface area contributed by atoms with Crippen LogP contribution >= 0.6 is 15.9 Å². The monoisotopic (exact) mass is 267 g/mol. The van der Waals surface area contributed by atoms with Gasteiger partial charge in [-0.1, -0.05) is 0 Å². The molecule has 0 bridgehead atoms. The lowest BCUT2D eigenvalue weighted by Gasteiger charge is -1.99. The van der Waals surface area contributed by atoms with Gasteiger partial charge in [0.25, 0.3) is 0 Å². The molecule has 0 aromatic carbocycles. The first-order valence-electron chi connectivity index (χ1n) is 4.58. The van der Waals surface area contributed by atoms with Crippen molar-refractivity contribution in [1.82, 2.24) is 9.38 Å². The van der Waals surface area contributed by atoms with Crippen molar-refractivity contribution in [3.63, 3.8) is 0 Å². The maximum atomic E-state index is 10.9. The maximum absolute atomic E-state index is 10.9. The van der Waals surface area contributed by atoms with Gasteiger partial charge in [-0.3, -0.25) is 4.79 Å². The minimum Gasteiger partial charge on any atom is -0.330 e. The molecule has 0 amide bonds. The number of aromatic nitrogens is 2. The number of pyridine rings is 1. The van der Waals surface area contributed by atoms with Crippen molar-refractivity contribution in [3.8, 4) is 0 Å². The fourth-order valence-corrected chi connectivity index (χ4v) is 2.12. The van der Waals surface area contributed by atoms with Gasteiger partial charge in [-0.25, -0.2) is 4.98 Å². The number of fused-ring (bicyclic) bond motifs is 1. The summed E-state index contributed by atoms with van der Waals surface area (Å²) in [6.07, 6.45) is 3.30. The predicted octanol–water partition coefficient (Wildman–Crippen LogP) is 1.41. The Morgan fingerprint density at radius 3 is 3.07 bits per heavy atom. The number of nitrogens with zero attached hydrogens (tertiary/aromatic N) is 2. The van der Waals surface area contributed by atoms with Gasteiger partial charge in [0.05, 0.1) is 5.52 Å². The molecule has 2 N–H and O–H groups in total. The molecule has 0 saturated carbocycles. The van der Waals surface area contributed by atoms with Crippen LogP contribution in [-0.2, 0) is 6.42 Å². The summed E-state index contributed by atoms with van der Waals surface area (Å²) in [7, 11) is 0. The molecular formula is C10H10BrN3O. The minimum absolute atomic E-state index is 0.450. The van der Waals surface area contributed by atoms with Crippen molar-refractivity contribution in [1.29, 1.82) is 0 Å². The molecular weight excluding hydrogens is 258 g/mol. The molecule has 0 fully saturated rings. The fraction of sp³-hybridized carbons (Fsp3) is 0.200. The Morgan fingerprint density at radius 2 is 2.40 bits per heavy atom. The normalized spacial score (nSPS) is 10.8. The molecule has 0 saturated heterocycles. The molecule has 0 unspecified atom stereocenters. The highest BCUT2D eigenvalue weighted by atomic mass is 79.9. The first-order chi connectivity index (χ1) is 7.27. The van der Waals surface area contributed by atoms with Gasteiger partial charge in [-0.2, -0.15) is 0 Å². The maximum Gasteiger partial charge on any atom is 0.170 e. The largest absolute Gasteiger partial charge is 0.330 e. The van der Waals surface area contributed by atoms with Gasteiger partial charge in [0, 0.05) is 17.1 Å². The van der Waals surface area contributed by atoms with E-state index in [1.165, 1.54) is 0 Å². The van der Waals surface area contributed by atoms with E-state index in [0.29, 0.717) is 18.7 Å². The van der Waals surface area contributed by atoms with Crippen molar-refractivity contribution in [2.24, 2.45) is 5.73 Å². The van der Waals surface area contributed by atoms with Gasteiger partial charge >= 0.3 is 0 Å². The van der Waals surface area contributed by atoms with Crippen LogP contribution in [0.3, 0.4) is 0 Å². The second kappa shape index (κ2) is 4.12. The Kier molecular flexibility index (Phi) is 2.83. The third kappa shape index (κ3) is 1.68. The van der Waals surface area contributed by atoms with Crippen LogP contribution in [0.1, 0.15) is 16.3 Å². The Bertz CT molecular complexity index is 507. The Labute approximate surface area is 95.2 Å². The van der Waals surface area contributed by atoms with Gasteiger partial charge in [0.15, 0.2) is 6.29 Å². The van der Waals surface area contributed by atoms with E-state index in [1.807, 2.05) is 22.7 Å². The summed E-state index contributed by atoms with van der Waals surface area (Å²) < 4.78 is 2.75. The fourth-order valence-electron chi connectivity index (χ4n) is 1.58. The van der Waals surface area contributed by atoms with Gasteiger partial charge < -0.3 is 10.1 Å². The number of rotatable bonds is 3. The molecule has 4 nitrogen and oxygen atoms in total. The third-order valence-electron chi connectivity index (χ3n) is 2.19. The lowest BCUT2D eigenvalue weighted by molar-refractivity contribution is 0.112. The minimum atomic E-state index is 0.450. The highest BCUT2D eigenvalue weighted by Gasteiger charge is 2.11. The van der Waals surface area contributed by atoms with Crippen LogP contribution in [0, 0.1) is 0 Å². The number of carbonyl (C=O) groups excluding carboxylic acids is 1. The van der Waals surface area contributed by atoms with Crippen LogP contribution in [0.15, 0.2) is 22.8 Å². The molecule has 2 aromatic heterocycles. The molecule has 2 aromatic rings. The molecule has 0 radical (unpaired) electrons. The zero-order valence-electron chi connectivity index (χ0n) is 7.98. The Balaban J connectivity index is 2.75. The number of hydrogen-bond acceptors (Lipinski definition) is 3. The average Bonchev–Trinajstić information content (AvgIpc) is 2.59. The second-order valence-electron chi connectivity index (χ2n) is 3.14. The summed E-state index contributed by atoms with van der Waals surface area (Å²) in [5.74, 6) is 0.816. The standard InChI is InChI=1S/C10H10BrN3O/c11-7-2-1-5-14-9(3-4-12)13-8(6-15)10(7)14/h1-2,5-6H,3-4,12H2. The topological polar surface area (TPSA) is 60.4 Å². The Morgan fingerprint density at radius 1 is 1.60 bits per heavy atom. The van der Waals surface area contributed by atoms with Crippen LogP contribution in [0.2, 0.25) is 0 Å². The summed E-state index contributed by atoms with van der Waals surface area (Å²) in [5.41, 5.74) is 6.74. The number of hydrogen-bond donors (Lipinski definition) is 1. The molecule has 0 spiro atoms. The van der Waals surface area contributed by atoms with E-state index in [0.717, 1.165) is 22.1 Å². The zero-order chi connectivity index (χ0) is 10.8. The third-order valence-corrected chi connectivity index (χ3v) is 2.83. The molecule has 0 aliphatic rings.